The molecular formula is C17H17FN2O4. The van der Waals surface area contributed by atoms with E-state index >= 15 is 0 Å². The van der Waals surface area contributed by atoms with E-state index in [1.54, 1.807) is 25.1 Å². The van der Waals surface area contributed by atoms with Crippen molar-refractivity contribution in [3.8, 4) is 0 Å². The van der Waals surface area contributed by atoms with E-state index in [9.17, 15) is 19.1 Å². The molecule has 1 fully saturated rings. The number of carbonyl (C=O) groups excluding carboxylic acids is 1. The largest absolute Gasteiger partial charge is 0.481 e. The Balaban J connectivity index is 1.75. The van der Waals surface area contributed by atoms with Gasteiger partial charge < -0.3 is 14.5 Å². The molecule has 1 aliphatic heterocycles. The Kier molecular flexibility index (Phi) is 4.33. The highest BCUT2D eigenvalue weighted by Gasteiger charge is 2.40. The van der Waals surface area contributed by atoms with E-state index in [4.69, 9.17) is 4.52 Å². The molecule has 6 nitrogen and oxygen atoms in total. The molecule has 0 spiro atoms. The van der Waals surface area contributed by atoms with Gasteiger partial charge in [-0.1, -0.05) is 17.3 Å². The highest BCUT2D eigenvalue weighted by atomic mass is 19.1. The van der Waals surface area contributed by atoms with Gasteiger partial charge in [0.1, 0.15) is 11.6 Å². The molecule has 1 saturated heterocycles. The molecule has 0 radical (unpaired) electrons. The van der Waals surface area contributed by atoms with E-state index in [0.29, 0.717) is 11.5 Å². The van der Waals surface area contributed by atoms with Crippen LogP contribution in [0.4, 0.5) is 4.39 Å². The number of hydrogen-bond donors (Lipinski definition) is 1. The van der Waals surface area contributed by atoms with Crippen LogP contribution in [0.1, 0.15) is 22.9 Å². The quantitative estimate of drug-likeness (QED) is 0.926. The van der Waals surface area contributed by atoms with Gasteiger partial charge in [-0.3, -0.25) is 9.59 Å². The van der Waals surface area contributed by atoms with Crippen LogP contribution in [0.5, 0.6) is 0 Å². The molecule has 2 aromatic rings. The van der Waals surface area contributed by atoms with Crippen molar-refractivity contribution in [2.45, 2.75) is 19.3 Å². The first-order valence-corrected chi connectivity index (χ1v) is 7.62. The second kappa shape index (κ2) is 6.43. The first kappa shape index (κ1) is 16.2. The minimum atomic E-state index is -0.963. The molecule has 1 aromatic heterocycles. The smallest absolute Gasteiger partial charge is 0.308 e. The van der Waals surface area contributed by atoms with Crippen LogP contribution < -0.4 is 0 Å². The zero-order valence-corrected chi connectivity index (χ0v) is 13.1. The number of halogens is 1. The Labute approximate surface area is 137 Å². The maximum atomic E-state index is 13.1. The maximum Gasteiger partial charge on any atom is 0.308 e. The summed E-state index contributed by atoms with van der Waals surface area (Å²) in [6, 6.07) is 7.43. The summed E-state index contributed by atoms with van der Waals surface area (Å²) in [5, 5.41) is 13.2. The SMILES string of the molecule is Cc1cc(CC(=O)N2C[C@H](C(=O)O)[C@@H](c3ccc(F)cc3)C2)on1. The topological polar surface area (TPSA) is 83.6 Å². The summed E-state index contributed by atoms with van der Waals surface area (Å²) in [4.78, 5) is 25.5. The average molecular weight is 332 g/mol. The van der Waals surface area contributed by atoms with E-state index in [1.807, 2.05) is 0 Å². The molecule has 126 valence electrons. The fraction of sp³-hybridized carbons (Fsp3) is 0.353. The summed E-state index contributed by atoms with van der Waals surface area (Å²) in [7, 11) is 0. The minimum absolute atomic E-state index is 0.0450. The number of aromatic nitrogens is 1. The number of aryl methyl sites for hydroxylation is 1. The van der Waals surface area contributed by atoms with Gasteiger partial charge in [-0.05, 0) is 24.6 Å². The van der Waals surface area contributed by atoms with Crippen molar-refractivity contribution in [2.24, 2.45) is 5.92 Å². The fourth-order valence-corrected chi connectivity index (χ4v) is 3.07. The van der Waals surface area contributed by atoms with Crippen LogP contribution in [0.2, 0.25) is 0 Å². The van der Waals surface area contributed by atoms with Crippen LogP contribution in [0.15, 0.2) is 34.9 Å². The van der Waals surface area contributed by atoms with Crippen molar-refractivity contribution >= 4 is 11.9 Å². The second-order valence-corrected chi connectivity index (χ2v) is 6.01. The molecule has 2 heterocycles. The Bertz CT molecular complexity index is 756. The van der Waals surface area contributed by atoms with Crippen molar-refractivity contribution < 1.29 is 23.6 Å². The third kappa shape index (κ3) is 3.29. The maximum absolute atomic E-state index is 13.1. The lowest BCUT2D eigenvalue weighted by Crippen LogP contribution is -2.31. The van der Waals surface area contributed by atoms with Crippen LogP contribution in [0.25, 0.3) is 0 Å². The Morgan fingerprint density at radius 1 is 1.33 bits per heavy atom. The standard InChI is InChI=1S/C17H17FN2O4/c1-10-6-13(24-19-10)7-16(21)20-8-14(15(9-20)17(22)23)11-2-4-12(18)5-3-11/h2-6,14-15H,7-9H2,1H3,(H,22,23)/t14-,15+/m1/s1. The number of benzene rings is 1. The fourth-order valence-electron chi connectivity index (χ4n) is 3.07. The zero-order chi connectivity index (χ0) is 17.3. The van der Waals surface area contributed by atoms with Gasteiger partial charge in [0, 0.05) is 25.1 Å². The van der Waals surface area contributed by atoms with E-state index in [1.165, 1.54) is 17.0 Å². The summed E-state index contributed by atoms with van der Waals surface area (Å²) in [5.74, 6) is -2.16. The number of aliphatic carboxylic acids is 1. The van der Waals surface area contributed by atoms with Crippen LogP contribution in [-0.4, -0.2) is 40.1 Å². The van der Waals surface area contributed by atoms with Gasteiger partial charge in [-0.2, -0.15) is 0 Å². The van der Waals surface area contributed by atoms with Crippen LogP contribution in [0.3, 0.4) is 0 Å². The molecule has 2 atom stereocenters. The summed E-state index contributed by atoms with van der Waals surface area (Å²) in [6.07, 6.45) is 0.0450. The predicted octanol–water partition coefficient (Wildman–Crippen LogP) is 1.99. The normalized spacial score (nSPS) is 20.3. The first-order valence-electron chi connectivity index (χ1n) is 7.62. The van der Waals surface area contributed by atoms with E-state index in [0.717, 1.165) is 5.56 Å². The lowest BCUT2D eigenvalue weighted by molar-refractivity contribution is -0.141. The van der Waals surface area contributed by atoms with Crippen molar-refractivity contribution in [2.75, 3.05) is 13.1 Å². The molecule has 0 unspecified atom stereocenters. The van der Waals surface area contributed by atoms with E-state index < -0.39 is 11.9 Å². The zero-order valence-electron chi connectivity index (χ0n) is 13.1. The third-order valence-corrected chi connectivity index (χ3v) is 4.29. The minimum Gasteiger partial charge on any atom is -0.481 e. The van der Waals surface area contributed by atoms with Crippen LogP contribution in [0, 0.1) is 18.7 Å². The van der Waals surface area contributed by atoms with Gasteiger partial charge in [0.25, 0.3) is 0 Å². The van der Waals surface area contributed by atoms with Crippen molar-refractivity contribution in [3.63, 3.8) is 0 Å². The number of amides is 1. The molecule has 24 heavy (non-hydrogen) atoms. The van der Waals surface area contributed by atoms with Crippen molar-refractivity contribution in [1.29, 1.82) is 0 Å². The van der Waals surface area contributed by atoms with Gasteiger partial charge in [0.15, 0.2) is 0 Å². The first-order chi connectivity index (χ1) is 11.4. The molecule has 3 rings (SSSR count). The third-order valence-electron chi connectivity index (χ3n) is 4.29. The van der Waals surface area contributed by atoms with E-state index in [-0.39, 0.29) is 37.2 Å². The van der Waals surface area contributed by atoms with Gasteiger partial charge in [0.05, 0.1) is 18.0 Å². The molecule has 0 aliphatic carbocycles. The molecule has 0 bridgehead atoms. The van der Waals surface area contributed by atoms with Crippen LogP contribution in [-0.2, 0) is 16.0 Å². The highest BCUT2D eigenvalue weighted by molar-refractivity contribution is 5.81. The monoisotopic (exact) mass is 332 g/mol. The summed E-state index contributed by atoms with van der Waals surface area (Å²) >= 11 is 0. The summed E-state index contributed by atoms with van der Waals surface area (Å²) in [6.45, 7) is 2.18. The Morgan fingerprint density at radius 3 is 2.62 bits per heavy atom. The van der Waals surface area contributed by atoms with Crippen molar-refractivity contribution in [3.05, 3.63) is 53.2 Å². The molecule has 1 aliphatic rings. The van der Waals surface area contributed by atoms with E-state index in [2.05, 4.69) is 5.16 Å². The molecular weight excluding hydrogens is 315 g/mol. The van der Waals surface area contributed by atoms with Gasteiger partial charge >= 0.3 is 5.97 Å². The van der Waals surface area contributed by atoms with Gasteiger partial charge in [-0.25, -0.2) is 4.39 Å². The van der Waals surface area contributed by atoms with Gasteiger partial charge in [-0.15, -0.1) is 0 Å². The molecule has 7 heteroatoms. The number of carboxylic acids is 1. The molecule has 1 amide bonds. The van der Waals surface area contributed by atoms with Gasteiger partial charge in [0.2, 0.25) is 5.91 Å². The molecule has 0 saturated carbocycles. The lowest BCUT2D eigenvalue weighted by Gasteiger charge is -2.16. The number of nitrogens with zero attached hydrogens (tertiary/aromatic N) is 2. The molecule has 1 N–H and O–H groups in total. The Morgan fingerprint density at radius 2 is 2.04 bits per heavy atom. The van der Waals surface area contributed by atoms with Crippen molar-refractivity contribution in [1.82, 2.24) is 10.1 Å². The number of hydrogen-bond acceptors (Lipinski definition) is 4. The Hall–Kier alpha value is -2.70. The second-order valence-electron chi connectivity index (χ2n) is 6.01. The highest BCUT2D eigenvalue weighted by Crippen LogP contribution is 2.33. The number of carbonyl (C=O) groups is 2. The number of likely N-dealkylation sites (tertiary alicyclic amines) is 1. The molecule has 1 aromatic carbocycles. The average Bonchev–Trinajstić information content (AvgIpc) is 3.15. The van der Waals surface area contributed by atoms with Crippen LogP contribution >= 0.6 is 0 Å². The summed E-state index contributed by atoms with van der Waals surface area (Å²) < 4.78 is 18.1. The predicted molar refractivity (Wildman–Crippen MR) is 81.8 cm³/mol. The lowest BCUT2D eigenvalue weighted by atomic mass is 9.89. The number of carboxylic acid groups (broad SMARTS) is 1. The number of rotatable bonds is 4. The summed E-state index contributed by atoms with van der Waals surface area (Å²) in [5.41, 5.74) is 1.40.